The third-order valence-corrected chi connectivity index (χ3v) is 1.32. The lowest BCUT2D eigenvalue weighted by atomic mass is 10.2. The molecule has 1 heterocycles. The van der Waals surface area contributed by atoms with Gasteiger partial charge in [0.25, 0.3) is 0 Å². The second-order valence-electron chi connectivity index (χ2n) is 1.87. The van der Waals surface area contributed by atoms with Gasteiger partial charge in [-0.1, -0.05) is 17.7 Å². The summed E-state index contributed by atoms with van der Waals surface area (Å²) in [5.74, 6) is 2.52. The normalized spacial score (nSPS) is 8.80. The minimum Gasteiger partial charge on any atom is -0.244 e. The zero-order valence-electron chi connectivity index (χ0n) is 5.34. The summed E-state index contributed by atoms with van der Waals surface area (Å²) in [6.45, 7) is 0. The monoisotopic (exact) mass is 151 g/mol. The number of aromatic nitrogens is 1. The van der Waals surface area contributed by atoms with Gasteiger partial charge in [-0.3, -0.25) is 0 Å². The van der Waals surface area contributed by atoms with Crippen LogP contribution in [0.1, 0.15) is 5.56 Å². The molecule has 1 rings (SSSR count). The lowest BCUT2D eigenvalue weighted by Gasteiger charge is -1.92. The van der Waals surface area contributed by atoms with E-state index in [4.69, 9.17) is 18.0 Å². The van der Waals surface area contributed by atoms with Gasteiger partial charge in [-0.05, 0) is 11.6 Å². The zero-order valence-corrected chi connectivity index (χ0v) is 6.10. The minimum absolute atomic E-state index is 0.501. The van der Waals surface area contributed by atoms with Crippen molar-refractivity contribution >= 4 is 11.6 Å². The molecule has 0 radical (unpaired) electrons. The Labute approximate surface area is 65.0 Å². The molecule has 1 aromatic heterocycles. The van der Waals surface area contributed by atoms with E-state index in [1.54, 1.807) is 12.3 Å². The van der Waals surface area contributed by atoms with Gasteiger partial charge in [-0.25, -0.2) is 4.98 Å². The van der Waals surface area contributed by atoms with Crippen LogP contribution in [-0.4, -0.2) is 4.98 Å². The molecule has 2 heteroatoms. The van der Waals surface area contributed by atoms with Crippen molar-refractivity contribution in [1.29, 1.82) is 0 Å². The maximum absolute atomic E-state index is 5.55. The zero-order chi connectivity index (χ0) is 7.40. The fourth-order valence-corrected chi connectivity index (χ4v) is 0.741. The van der Waals surface area contributed by atoms with E-state index in [0.717, 1.165) is 5.56 Å². The summed E-state index contributed by atoms with van der Waals surface area (Å²) >= 11 is 5.55. The number of hydrogen-bond acceptors (Lipinski definition) is 1. The van der Waals surface area contributed by atoms with Crippen LogP contribution < -0.4 is 0 Å². The molecule has 0 aliphatic carbocycles. The van der Waals surface area contributed by atoms with Gasteiger partial charge in [0, 0.05) is 12.6 Å². The van der Waals surface area contributed by atoms with Gasteiger partial charge in [-0.15, -0.1) is 12.3 Å². The maximum Gasteiger partial charge on any atom is 0.129 e. The summed E-state index contributed by atoms with van der Waals surface area (Å²) in [7, 11) is 0. The van der Waals surface area contributed by atoms with Crippen molar-refractivity contribution < 1.29 is 0 Å². The predicted molar refractivity (Wildman–Crippen MR) is 41.8 cm³/mol. The fourth-order valence-electron chi connectivity index (χ4n) is 0.629. The Kier molecular flexibility index (Phi) is 2.30. The highest BCUT2D eigenvalue weighted by molar-refractivity contribution is 6.29. The molecule has 0 saturated heterocycles. The van der Waals surface area contributed by atoms with Crippen LogP contribution in [0.5, 0.6) is 0 Å². The Balaban J connectivity index is 2.81. The van der Waals surface area contributed by atoms with Crippen LogP contribution >= 0.6 is 11.6 Å². The summed E-state index contributed by atoms with van der Waals surface area (Å²) in [5.41, 5.74) is 1.02. The lowest BCUT2D eigenvalue weighted by molar-refractivity contribution is 1.21. The number of terminal acetylenes is 1. The van der Waals surface area contributed by atoms with Crippen LogP contribution in [0.4, 0.5) is 0 Å². The van der Waals surface area contributed by atoms with Crippen molar-refractivity contribution in [2.45, 2.75) is 6.42 Å². The summed E-state index contributed by atoms with van der Waals surface area (Å²) in [6.07, 6.45) is 7.39. The van der Waals surface area contributed by atoms with Crippen LogP contribution in [0, 0.1) is 12.3 Å². The molecule has 0 amide bonds. The molecular weight excluding hydrogens is 146 g/mol. The number of nitrogens with zero attached hydrogens (tertiary/aromatic N) is 1. The van der Waals surface area contributed by atoms with Gasteiger partial charge in [0.05, 0.1) is 0 Å². The average Bonchev–Trinajstić information content (AvgIpc) is 1.95. The quantitative estimate of drug-likeness (QED) is 0.442. The highest BCUT2D eigenvalue weighted by Crippen LogP contribution is 2.04. The van der Waals surface area contributed by atoms with E-state index in [0.29, 0.717) is 11.6 Å². The molecule has 0 spiro atoms. The van der Waals surface area contributed by atoms with Crippen LogP contribution in [-0.2, 0) is 6.42 Å². The molecule has 1 aromatic rings. The van der Waals surface area contributed by atoms with Gasteiger partial charge in [0.15, 0.2) is 0 Å². The van der Waals surface area contributed by atoms with Crippen molar-refractivity contribution in [1.82, 2.24) is 4.98 Å². The molecule has 1 nitrogen and oxygen atoms in total. The van der Waals surface area contributed by atoms with E-state index < -0.39 is 0 Å². The number of rotatable bonds is 1. The smallest absolute Gasteiger partial charge is 0.129 e. The molecule has 0 fully saturated rings. The average molecular weight is 152 g/mol. The SMILES string of the molecule is C#CCc1ccc(Cl)nc1. The minimum atomic E-state index is 0.501. The number of hydrogen-bond donors (Lipinski definition) is 0. The maximum atomic E-state index is 5.55. The lowest BCUT2D eigenvalue weighted by Crippen LogP contribution is -1.82. The van der Waals surface area contributed by atoms with E-state index in [1.807, 2.05) is 6.07 Å². The highest BCUT2D eigenvalue weighted by atomic mass is 35.5. The van der Waals surface area contributed by atoms with Crippen LogP contribution in [0.3, 0.4) is 0 Å². The van der Waals surface area contributed by atoms with Gasteiger partial charge in [-0.2, -0.15) is 0 Å². The van der Waals surface area contributed by atoms with Gasteiger partial charge in [0.1, 0.15) is 5.15 Å². The number of pyridine rings is 1. The summed E-state index contributed by atoms with van der Waals surface area (Å²) < 4.78 is 0. The first kappa shape index (κ1) is 7.11. The van der Waals surface area contributed by atoms with Crippen molar-refractivity contribution in [3.05, 3.63) is 29.0 Å². The van der Waals surface area contributed by atoms with Gasteiger partial charge < -0.3 is 0 Å². The molecule has 0 aromatic carbocycles. The fraction of sp³-hybridized carbons (Fsp3) is 0.125. The van der Waals surface area contributed by atoms with Gasteiger partial charge in [0.2, 0.25) is 0 Å². The molecule has 0 saturated carbocycles. The number of halogens is 1. The van der Waals surface area contributed by atoms with Crippen molar-refractivity contribution in [3.8, 4) is 12.3 Å². The largest absolute Gasteiger partial charge is 0.244 e. The van der Waals surface area contributed by atoms with E-state index >= 15 is 0 Å². The first-order chi connectivity index (χ1) is 4.83. The third kappa shape index (κ3) is 1.75. The second kappa shape index (κ2) is 3.24. The second-order valence-corrected chi connectivity index (χ2v) is 2.26. The predicted octanol–water partition coefficient (Wildman–Crippen LogP) is 1.91. The Hall–Kier alpha value is -1.00. The Morgan fingerprint density at radius 2 is 2.40 bits per heavy atom. The van der Waals surface area contributed by atoms with Crippen molar-refractivity contribution in [2.24, 2.45) is 0 Å². The molecule has 0 atom stereocenters. The van der Waals surface area contributed by atoms with Crippen LogP contribution in [0.25, 0.3) is 0 Å². The van der Waals surface area contributed by atoms with E-state index in [2.05, 4.69) is 10.9 Å². The summed E-state index contributed by atoms with van der Waals surface area (Å²) in [4.78, 5) is 3.87. The molecule has 0 bridgehead atoms. The molecule has 0 unspecified atom stereocenters. The van der Waals surface area contributed by atoms with E-state index in [9.17, 15) is 0 Å². The molecule has 0 aliphatic rings. The van der Waals surface area contributed by atoms with Crippen LogP contribution in [0.2, 0.25) is 5.15 Å². The third-order valence-electron chi connectivity index (χ3n) is 1.09. The molecule has 0 aliphatic heterocycles. The van der Waals surface area contributed by atoms with Gasteiger partial charge >= 0.3 is 0 Å². The summed E-state index contributed by atoms with van der Waals surface area (Å²) in [5, 5.41) is 0.501. The first-order valence-electron chi connectivity index (χ1n) is 2.87. The molecule has 50 valence electrons. The Morgan fingerprint density at radius 3 is 2.90 bits per heavy atom. The first-order valence-corrected chi connectivity index (χ1v) is 3.24. The van der Waals surface area contributed by atoms with Crippen molar-refractivity contribution in [3.63, 3.8) is 0 Å². The van der Waals surface area contributed by atoms with E-state index in [-0.39, 0.29) is 0 Å². The molecular formula is C8H6ClN. The van der Waals surface area contributed by atoms with E-state index in [1.165, 1.54) is 0 Å². The standard InChI is InChI=1S/C8H6ClN/c1-2-3-7-4-5-8(9)10-6-7/h1,4-6H,3H2. The Bertz CT molecular complexity index is 245. The van der Waals surface area contributed by atoms with Crippen molar-refractivity contribution in [2.75, 3.05) is 0 Å². The molecule has 0 N–H and O–H groups in total. The topological polar surface area (TPSA) is 12.9 Å². The molecule has 10 heavy (non-hydrogen) atoms. The Morgan fingerprint density at radius 1 is 1.60 bits per heavy atom. The summed E-state index contributed by atoms with van der Waals surface area (Å²) in [6, 6.07) is 3.60. The highest BCUT2D eigenvalue weighted by Gasteiger charge is 1.89. The van der Waals surface area contributed by atoms with Crippen LogP contribution in [0.15, 0.2) is 18.3 Å².